The normalized spacial score (nSPS) is 22.9. The van der Waals surface area contributed by atoms with Gasteiger partial charge < -0.3 is 14.5 Å². The Bertz CT molecular complexity index is 612. The van der Waals surface area contributed by atoms with Crippen LogP contribution in [0.1, 0.15) is 42.5 Å². The fourth-order valence-corrected chi connectivity index (χ4v) is 4.02. The van der Waals surface area contributed by atoms with Crippen LogP contribution in [0.2, 0.25) is 0 Å². The molecule has 2 fully saturated rings. The number of piperidine rings is 1. The van der Waals surface area contributed by atoms with E-state index in [1.807, 2.05) is 36.0 Å². The van der Waals surface area contributed by atoms with Crippen molar-refractivity contribution in [1.29, 1.82) is 0 Å². The topological polar surface area (TPSA) is 49.9 Å². The molecule has 136 valence electrons. The predicted octanol–water partition coefficient (Wildman–Crippen LogP) is 2.95. The second kappa shape index (κ2) is 7.89. The molecular formula is C20H28N2O3. The van der Waals surface area contributed by atoms with Crippen molar-refractivity contribution in [2.24, 2.45) is 11.8 Å². The molecular weight excluding hydrogens is 316 g/mol. The number of ether oxygens (including phenoxy) is 1. The van der Waals surface area contributed by atoms with Crippen molar-refractivity contribution < 1.29 is 14.3 Å². The fourth-order valence-electron chi connectivity index (χ4n) is 4.02. The number of rotatable bonds is 4. The second-order valence-corrected chi connectivity index (χ2v) is 7.45. The quantitative estimate of drug-likeness (QED) is 0.788. The Morgan fingerprint density at radius 3 is 2.44 bits per heavy atom. The molecule has 2 atom stereocenters. The largest absolute Gasteiger partial charge is 0.452 e. The van der Waals surface area contributed by atoms with Crippen LogP contribution in [0.4, 0.5) is 5.69 Å². The van der Waals surface area contributed by atoms with Gasteiger partial charge in [-0.1, -0.05) is 19.3 Å². The zero-order valence-electron chi connectivity index (χ0n) is 15.2. The van der Waals surface area contributed by atoms with E-state index in [1.165, 1.54) is 25.7 Å². The standard InChI is InChI=1S/C20H28N2O3/c1-21(2)18-9-7-16(8-10-18)20(24)25-14-19(23)22-12-11-15-5-3-4-6-17(15)13-22/h7-10,15,17H,3-6,11-14H2,1-2H3/t15-,17-/m1/s1. The molecule has 1 aliphatic heterocycles. The molecule has 0 radical (unpaired) electrons. The Balaban J connectivity index is 1.49. The van der Waals surface area contributed by atoms with Crippen LogP contribution in [-0.2, 0) is 9.53 Å². The zero-order chi connectivity index (χ0) is 17.8. The summed E-state index contributed by atoms with van der Waals surface area (Å²) >= 11 is 0. The lowest BCUT2D eigenvalue weighted by Gasteiger charge is -2.41. The summed E-state index contributed by atoms with van der Waals surface area (Å²) in [6.45, 7) is 1.47. The Morgan fingerprint density at radius 2 is 1.76 bits per heavy atom. The van der Waals surface area contributed by atoms with Crippen LogP contribution >= 0.6 is 0 Å². The van der Waals surface area contributed by atoms with Crippen molar-refractivity contribution >= 4 is 17.6 Å². The minimum atomic E-state index is -0.439. The first-order valence-corrected chi connectivity index (χ1v) is 9.27. The Morgan fingerprint density at radius 1 is 1.08 bits per heavy atom. The molecule has 1 aromatic rings. The van der Waals surface area contributed by atoms with Crippen molar-refractivity contribution in [1.82, 2.24) is 4.90 Å². The van der Waals surface area contributed by atoms with Gasteiger partial charge in [0.15, 0.2) is 6.61 Å². The van der Waals surface area contributed by atoms with Gasteiger partial charge in [0.25, 0.3) is 5.91 Å². The summed E-state index contributed by atoms with van der Waals surface area (Å²) in [4.78, 5) is 28.4. The number of likely N-dealkylation sites (tertiary alicyclic amines) is 1. The SMILES string of the molecule is CN(C)c1ccc(C(=O)OCC(=O)N2CC[C@H]3CCCC[C@@H]3C2)cc1. The van der Waals surface area contributed by atoms with Gasteiger partial charge in [-0.05, 0) is 48.9 Å². The molecule has 1 aromatic carbocycles. The maximum atomic E-state index is 12.4. The Kier molecular flexibility index (Phi) is 5.61. The van der Waals surface area contributed by atoms with E-state index in [4.69, 9.17) is 4.74 Å². The second-order valence-electron chi connectivity index (χ2n) is 7.45. The average Bonchev–Trinajstić information content (AvgIpc) is 2.65. The highest BCUT2D eigenvalue weighted by Gasteiger charge is 2.33. The lowest BCUT2D eigenvalue weighted by molar-refractivity contribution is -0.137. The van der Waals surface area contributed by atoms with Crippen molar-refractivity contribution in [2.45, 2.75) is 32.1 Å². The van der Waals surface area contributed by atoms with Gasteiger partial charge in [-0.3, -0.25) is 4.79 Å². The predicted molar refractivity (Wildman–Crippen MR) is 97.7 cm³/mol. The number of anilines is 1. The Labute approximate surface area is 149 Å². The van der Waals surface area contributed by atoms with Gasteiger partial charge in [0.1, 0.15) is 0 Å². The van der Waals surface area contributed by atoms with Crippen molar-refractivity contribution in [3.8, 4) is 0 Å². The highest BCUT2D eigenvalue weighted by atomic mass is 16.5. The van der Waals surface area contributed by atoms with Crippen LogP contribution in [0.3, 0.4) is 0 Å². The van der Waals surface area contributed by atoms with E-state index in [0.29, 0.717) is 11.5 Å². The summed E-state index contributed by atoms with van der Waals surface area (Å²) in [6, 6.07) is 7.20. The number of benzene rings is 1. The van der Waals surface area contributed by atoms with Crippen molar-refractivity contribution in [3.05, 3.63) is 29.8 Å². The molecule has 0 unspecified atom stereocenters. The molecule has 2 aliphatic rings. The molecule has 0 spiro atoms. The van der Waals surface area contributed by atoms with Crippen LogP contribution in [0.5, 0.6) is 0 Å². The molecule has 25 heavy (non-hydrogen) atoms. The smallest absolute Gasteiger partial charge is 0.338 e. The van der Waals surface area contributed by atoms with E-state index < -0.39 is 5.97 Å². The van der Waals surface area contributed by atoms with Gasteiger partial charge in [-0.15, -0.1) is 0 Å². The maximum Gasteiger partial charge on any atom is 0.338 e. The van der Waals surface area contributed by atoms with Gasteiger partial charge in [0.05, 0.1) is 5.56 Å². The minimum Gasteiger partial charge on any atom is -0.452 e. The first kappa shape index (κ1) is 17.8. The molecule has 5 heteroatoms. The molecule has 0 bridgehead atoms. The van der Waals surface area contributed by atoms with E-state index >= 15 is 0 Å². The lowest BCUT2D eigenvalue weighted by atomic mass is 9.75. The van der Waals surface area contributed by atoms with Gasteiger partial charge in [0, 0.05) is 32.9 Å². The highest BCUT2D eigenvalue weighted by Crippen LogP contribution is 2.36. The number of hydrogen-bond donors (Lipinski definition) is 0. The lowest BCUT2D eigenvalue weighted by Crippen LogP contribution is -2.46. The molecule has 1 saturated carbocycles. The third-order valence-electron chi connectivity index (χ3n) is 5.59. The van der Waals surface area contributed by atoms with Crippen LogP contribution < -0.4 is 4.90 Å². The first-order chi connectivity index (χ1) is 12.0. The molecule has 1 saturated heterocycles. The maximum absolute atomic E-state index is 12.4. The number of esters is 1. The number of carbonyl (C=O) groups excluding carboxylic acids is 2. The van der Waals surface area contributed by atoms with E-state index in [2.05, 4.69) is 0 Å². The summed E-state index contributed by atoms with van der Waals surface area (Å²) in [5.74, 6) is 0.921. The van der Waals surface area contributed by atoms with Crippen LogP contribution in [0, 0.1) is 11.8 Å². The third-order valence-corrected chi connectivity index (χ3v) is 5.59. The van der Waals surface area contributed by atoms with Gasteiger partial charge >= 0.3 is 5.97 Å². The highest BCUT2D eigenvalue weighted by molar-refractivity contribution is 5.91. The molecule has 1 aliphatic carbocycles. The summed E-state index contributed by atoms with van der Waals surface area (Å²) in [5.41, 5.74) is 1.49. The van der Waals surface area contributed by atoms with Gasteiger partial charge in [0.2, 0.25) is 0 Å². The third kappa shape index (κ3) is 4.33. The van der Waals surface area contributed by atoms with Crippen molar-refractivity contribution in [2.75, 3.05) is 38.7 Å². The van der Waals surface area contributed by atoms with E-state index in [9.17, 15) is 9.59 Å². The molecule has 1 heterocycles. The van der Waals surface area contributed by atoms with Crippen molar-refractivity contribution in [3.63, 3.8) is 0 Å². The summed E-state index contributed by atoms with van der Waals surface area (Å²) < 4.78 is 5.24. The summed E-state index contributed by atoms with van der Waals surface area (Å²) in [5, 5.41) is 0. The van der Waals surface area contributed by atoms with Crippen LogP contribution in [0.15, 0.2) is 24.3 Å². The Hall–Kier alpha value is -2.04. The van der Waals surface area contributed by atoms with Crippen LogP contribution in [0.25, 0.3) is 0 Å². The molecule has 5 nitrogen and oxygen atoms in total. The number of carbonyl (C=O) groups is 2. The van der Waals surface area contributed by atoms with Gasteiger partial charge in [-0.25, -0.2) is 4.79 Å². The zero-order valence-corrected chi connectivity index (χ0v) is 15.2. The summed E-state index contributed by atoms with van der Waals surface area (Å²) in [7, 11) is 3.89. The minimum absolute atomic E-state index is 0.0673. The monoisotopic (exact) mass is 344 g/mol. The number of fused-ring (bicyclic) bond motifs is 1. The molecule has 3 rings (SSSR count). The van der Waals surface area contributed by atoms with E-state index in [-0.39, 0.29) is 12.5 Å². The number of nitrogens with zero attached hydrogens (tertiary/aromatic N) is 2. The molecule has 0 N–H and O–H groups in total. The van der Waals surface area contributed by atoms with E-state index in [1.54, 1.807) is 12.1 Å². The average molecular weight is 344 g/mol. The number of hydrogen-bond acceptors (Lipinski definition) is 4. The van der Waals surface area contributed by atoms with Crippen LogP contribution in [-0.4, -0.2) is 50.6 Å². The molecule has 0 aromatic heterocycles. The first-order valence-electron chi connectivity index (χ1n) is 9.27. The van der Waals surface area contributed by atoms with E-state index in [0.717, 1.165) is 31.1 Å². The fraction of sp³-hybridized carbons (Fsp3) is 0.600. The number of amides is 1. The van der Waals surface area contributed by atoms with Gasteiger partial charge in [-0.2, -0.15) is 0 Å². The summed E-state index contributed by atoms with van der Waals surface area (Å²) in [6.07, 6.45) is 6.24. The molecule has 1 amide bonds.